The Balaban J connectivity index is 1.23. The zero-order valence-electron chi connectivity index (χ0n) is 22.7. The minimum atomic E-state index is -0.162. The normalized spacial score (nSPS) is 23.8. The highest BCUT2D eigenvalue weighted by molar-refractivity contribution is 5.82. The van der Waals surface area contributed by atoms with Crippen LogP contribution in [-0.4, -0.2) is 74.7 Å². The number of piperazine rings is 1. The Bertz CT molecular complexity index is 870. The van der Waals surface area contributed by atoms with E-state index in [1.807, 2.05) is 6.07 Å². The van der Waals surface area contributed by atoms with Gasteiger partial charge in [0.1, 0.15) is 13.2 Å². The molecule has 0 spiro atoms. The molecule has 2 aliphatic carbocycles. The maximum absolute atomic E-state index is 13.8. The lowest BCUT2D eigenvalue weighted by Crippen LogP contribution is -2.54. The van der Waals surface area contributed by atoms with Gasteiger partial charge in [-0.2, -0.15) is 0 Å². The van der Waals surface area contributed by atoms with Crippen LogP contribution in [-0.2, 0) is 4.79 Å². The van der Waals surface area contributed by atoms with Crippen LogP contribution < -0.4 is 14.4 Å². The molecular weight excluding hydrogens is 450 g/mol. The smallest absolute Gasteiger partial charge is 0.228 e. The molecule has 0 N–H and O–H groups in total. The Hall–Kier alpha value is -1.95. The lowest BCUT2D eigenvalue weighted by molar-refractivity contribution is -0.144. The molecule has 4 aliphatic rings. The van der Waals surface area contributed by atoms with E-state index in [-0.39, 0.29) is 5.41 Å². The number of nitrogens with zero attached hydrogens (tertiary/aromatic N) is 3. The second-order valence-corrected chi connectivity index (χ2v) is 12.0. The fourth-order valence-corrected chi connectivity index (χ4v) is 7.08. The zero-order chi connectivity index (χ0) is 25.0. The molecule has 200 valence electrons. The fourth-order valence-electron chi connectivity index (χ4n) is 7.08. The van der Waals surface area contributed by atoms with Crippen LogP contribution >= 0.6 is 0 Å². The molecule has 6 nitrogen and oxygen atoms in total. The van der Waals surface area contributed by atoms with Crippen LogP contribution in [0.3, 0.4) is 0 Å². The summed E-state index contributed by atoms with van der Waals surface area (Å²) in [5.41, 5.74) is 0.994. The van der Waals surface area contributed by atoms with Crippen LogP contribution in [0.25, 0.3) is 0 Å². The predicted octanol–water partition coefficient (Wildman–Crippen LogP) is 5.35. The fraction of sp³-hybridized carbons (Fsp3) is 0.767. The van der Waals surface area contributed by atoms with Crippen LogP contribution in [0.1, 0.15) is 77.6 Å². The van der Waals surface area contributed by atoms with Crippen molar-refractivity contribution in [3.05, 3.63) is 18.2 Å². The molecule has 0 radical (unpaired) electrons. The first kappa shape index (κ1) is 25.7. The van der Waals surface area contributed by atoms with E-state index in [4.69, 9.17) is 9.47 Å². The summed E-state index contributed by atoms with van der Waals surface area (Å²) in [6.45, 7) is 8.46. The highest BCUT2D eigenvalue weighted by Crippen LogP contribution is 2.40. The van der Waals surface area contributed by atoms with Crippen molar-refractivity contribution in [1.29, 1.82) is 0 Å². The van der Waals surface area contributed by atoms with Gasteiger partial charge in [-0.3, -0.25) is 9.69 Å². The van der Waals surface area contributed by atoms with Crippen molar-refractivity contribution in [2.45, 2.75) is 83.6 Å². The minimum absolute atomic E-state index is 0.162. The quantitative estimate of drug-likeness (QED) is 0.508. The summed E-state index contributed by atoms with van der Waals surface area (Å²) in [4.78, 5) is 21.0. The van der Waals surface area contributed by atoms with Crippen molar-refractivity contribution < 1.29 is 14.3 Å². The topological polar surface area (TPSA) is 45.3 Å². The van der Waals surface area contributed by atoms with Crippen molar-refractivity contribution in [1.82, 2.24) is 9.80 Å². The number of carbonyl (C=O) groups excluding carboxylic acids is 1. The highest BCUT2D eigenvalue weighted by Gasteiger charge is 2.39. The molecule has 0 bridgehead atoms. The van der Waals surface area contributed by atoms with Crippen LogP contribution in [0.5, 0.6) is 11.5 Å². The molecule has 2 saturated carbocycles. The standard InChI is InChI=1S/C30H47N3O3/c1-30(14-7-4-8-15-30)29(34)31(2)25(22-24-10-5-3-6-11-24)23-32-16-18-33(19-17-32)26-12-9-13-27-28(26)36-21-20-35-27/h9,12-13,24-25H,3-8,10-11,14-23H2,1-2H3/t25-/m1/s1. The second kappa shape index (κ2) is 11.6. The number of hydrogen-bond acceptors (Lipinski definition) is 5. The largest absolute Gasteiger partial charge is 0.486 e. The van der Waals surface area contributed by atoms with E-state index in [0.29, 0.717) is 25.2 Å². The molecule has 1 aromatic rings. The lowest BCUT2D eigenvalue weighted by Gasteiger charge is -2.43. The number of carbonyl (C=O) groups is 1. The van der Waals surface area contributed by atoms with Gasteiger partial charge in [-0.1, -0.05) is 64.4 Å². The summed E-state index contributed by atoms with van der Waals surface area (Å²) in [5.74, 6) is 2.94. The summed E-state index contributed by atoms with van der Waals surface area (Å²) < 4.78 is 11.8. The first-order valence-corrected chi connectivity index (χ1v) is 14.7. The number of para-hydroxylation sites is 1. The lowest BCUT2D eigenvalue weighted by atomic mass is 9.74. The first-order chi connectivity index (χ1) is 17.5. The number of amides is 1. The number of rotatable bonds is 7. The minimum Gasteiger partial charge on any atom is -0.486 e. The zero-order valence-corrected chi connectivity index (χ0v) is 22.7. The monoisotopic (exact) mass is 497 g/mol. The third kappa shape index (κ3) is 5.79. The van der Waals surface area contributed by atoms with Gasteiger partial charge in [0, 0.05) is 51.2 Å². The second-order valence-electron chi connectivity index (χ2n) is 12.0. The van der Waals surface area contributed by atoms with E-state index >= 15 is 0 Å². The Morgan fingerprint density at radius 1 is 1.00 bits per heavy atom. The molecular formula is C30H47N3O3. The average molecular weight is 498 g/mol. The third-order valence-electron chi connectivity index (χ3n) is 9.40. The molecule has 2 aliphatic heterocycles. The molecule has 1 atom stereocenters. The molecule has 1 amide bonds. The Labute approximate surface area is 218 Å². The summed E-state index contributed by atoms with van der Waals surface area (Å²) in [6, 6.07) is 6.55. The number of fused-ring (bicyclic) bond motifs is 1. The summed E-state index contributed by atoms with van der Waals surface area (Å²) in [5, 5.41) is 0. The third-order valence-corrected chi connectivity index (χ3v) is 9.40. The number of hydrogen-bond donors (Lipinski definition) is 0. The molecule has 0 unspecified atom stereocenters. The van der Waals surface area contributed by atoms with Crippen LogP contribution in [0.15, 0.2) is 18.2 Å². The van der Waals surface area contributed by atoms with Gasteiger partial charge in [0.25, 0.3) is 0 Å². The van der Waals surface area contributed by atoms with Gasteiger partial charge in [0.15, 0.2) is 11.5 Å². The number of ether oxygens (including phenoxy) is 2. The van der Waals surface area contributed by atoms with Crippen molar-refractivity contribution in [2.75, 3.05) is 57.9 Å². The Morgan fingerprint density at radius 2 is 1.69 bits per heavy atom. The maximum Gasteiger partial charge on any atom is 0.228 e. The van der Waals surface area contributed by atoms with E-state index in [2.05, 4.69) is 40.8 Å². The van der Waals surface area contributed by atoms with Gasteiger partial charge < -0.3 is 19.3 Å². The van der Waals surface area contributed by atoms with Gasteiger partial charge in [0.2, 0.25) is 5.91 Å². The molecule has 36 heavy (non-hydrogen) atoms. The van der Waals surface area contributed by atoms with E-state index in [1.54, 1.807) is 0 Å². The van der Waals surface area contributed by atoms with Gasteiger partial charge in [-0.15, -0.1) is 0 Å². The number of anilines is 1. The molecule has 3 fully saturated rings. The van der Waals surface area contributed by atoms with Crippen molar-refractivity contribution in [3.8, 4) is 11.5 Å². The maximum atomic E-state index is 13.8. The molecule has 1 saturated heterocycles. The molecule has 2 heterocycles. The van der Waals surface area contributed by atoms with Crippen molar-refractivity contribution >= 4 is 11.6 Å². The molecule has 6 heteroatoms. The van der Waals surface area contributed by atoms with E-state index in [0.717, 1.165) is 75.1 Å². The van der Waals surface area contributed by atoms with E-state index < -0.39 is 0 Å². The van der Waals surface area contributed by atoms with Crippen LogP contribution in [0, 0.1) is 11.3 Å². The van der Waals surface area contributed by atoms with Crippen molar-refractivity contribution in [2.24, 2.45) is 11.3 Å². The summed E-state index contributed by atoms with van der Waals surface area (Å²) in [6.07, 6.45) is 13.7. The summed E-state index contributed by atoms with van der Waals surface area (Å²) in [7, 11) is 2.11. The van der Waals surface area contributed by atoms with Crippen LogP contribution in [0.2, 0.25) is 0 Å². The molecule has 0 aromatic heterocycles. The first-order valence-electron chi connectivity index (χ1n) is 14.7. The Morgan fingerprint density at radius 3 is 2.44 bits per heavy atom. The van der Waals surface area contributed by atoms with Crippen molar-refractivity contribution in [3.63, 3.8) is 0 Å². The van der Waals surface area contributed by atoms with Gasteiger partial charge in [-0.25, -0.2) is 0 Å². The van der Waals surface area contributed by atoms with Gasteiger partial charge in [-0.05, 0) is 37.3 Å². The van der Waals surface area contributed by atoms with Gasteiger partial charge >= 0.3 is 0 Å². The van der Waals surface area contributed by atoms with E-state index in [9.17, 15) is 4.79 Å². The summed E-state index contributed by atoms with van der Waals surface area (Å²) >= 11 is 0. The molecule has 1 aromatic carbocycles. The molecule has 5 rings (SSSR count). The Kier molecular flexibility index (Phi) is 8.29. The number of benzene rings is 1. The van der Waals surface area contributed by atoms with Gasteiger partial charge in [0.05, 0.1) is 5.69 Å². The number of likely N-dealkylation sites (N-methyl/N-ethyl adjacent to an activating group) is 1. The SMILES string of the molecule is CN(C(=O)C1(C)CCCCC1)[C@H](CC1CCCCC1)CN1CCN(c2cccc3c2OCCO3)CC1. The predicted molar refractivity (Wildman–Crippen MR) is 145 cm³/mol. The van der Waals surface area contributed by atoms with Crippen LogP contribution in [0.4, 0.5) is 5.69 Å². The van der Waals surface area contributed by atoms with E-state index in [1.165, 1.54) is 51.4 Å². The highest BCUT2D eigenvalue weighted by atomic mass is 16.6. The average Bonchev–Trinajstić information content (AvgIpc) is 2.93.